The molecule has 0 spiro atoms. The van der Waals surface area contributed by atoms with Crippen molar-refractivity contribution in [2.45, 2.75) is 32.4 Å². The van der Waals surface area contributed by atoms with Gasteiger partial charge in [0.2, 0.25) is 5.91 Å². The number of amides is 1. The molecule has 1 amide bonds. The van der Waals surface area contributed by atoms with Gasteiger partial charge in [-0.1, -0.05) is 24.3 Å². The van der Waals surface area contributed by atoms with Crippen LogP contribution in [0.4, 0.5) is 0 Å². The lowest BCUT2D eigenvalue weighted by Crippen LogP contribution is -2.52. The molecule has 0 bridgehead atoms. The molecular weight excluding hydrogens is 264 g/mol. The van der Waals surface area contributed by atoms with E-state index in [1.807, 2.05) is 4.90 Å². The molecule has 2 aliphatic rings. The maximum Gasteiger partial charge on any atom is 0.237 e. The van der Waals surface area contributed by atoms with Gasteiger partial charge in [0.1, 0.15) is 0 Å². The first kappa shape index (κ1) is 14.5. The highest BCUT2D eigenvalue weighted by molar-refractivity contribution is 5.78. The molecule has 2 heterocycles. The highest BCUT2D eigenvalue weighted by Gasteiger charge is 2.29. The lowest BCUT2D eigenvalue weighted by Gasteiger charge is -2.39. The molecule has 0 saturated carbocycles. The van der Waals surface area contributed by atoms with Crippen molar-refractivity contribution in [2.75, 3.05) is 32.8 Å². The van der Waals surface area contributed by atoms with Crippen LogP contribution in [-0.4, -0.2) is 54.1 Å². The van der Waals surface area contributed by atoms with Gasteiger partial charge in [-0.2, -0.15) is 0 Å². The summed E-state index contributed by atoms with van der Waals surface area (Å²) in [5, 5.41) is 0. The molecule has 1 saturated heterocycles. The molecule has 2 aliphatic heterocycles. The zero-order chi connectivity index (χ0) is 14.9. The SMILES string of the molecule is CC1(C)CN(CC(=O)N2CCc3ccccc3C2)CCO1. The minimum absolute atomic E-state index is 0.146. The van der Waals surface area contributed by atoms with E-state index in [2.05, 4.69) is 43.0 Å². The van der Waals surface area contributed by atoms with Crippen molar-refractivity contribution in [3.8, 4) is 0 Å². The predicted molar refractivity (Wildman–Crippen MR) is 82.0 cm³/mol. The Morgan fingerprint density at radius 3 is 2.76 bits per heavy atom. The largest absolute Gasteiger partial charge is 0.373 e. The first-order valence-corrected chi connectivity index (χ1v) is 7.74. The standard InChI is InChI=1S/C17H24N2O2/c1-17(2)13-18(9-10-21-17)12-16(20)19-8-7-14-5-3-4-6-15(14)11-19/h3-6H,7-13H2,1-2H3. The zero-order valence-corrected chi connectivity index (χ0v) is 13.0. The molecule has 1 fully saturated rings. The Hall–Kier alpha value is -1.39. The summed E-state index contributed by atoms with van der Waals surface area (Å²) in [6.07, 6.45) is 0.969. The van der Waals surface area contributed by atoms with Crippen molar-refractivity contribution >= 4 is 5.91 Å². The Morgan fingerprint density at radius 1 is 1.24 bits per heavy atom. The number of hydrogen-bond donors (Lipinski definition) is 0. The second kappa shape index (κ2) is 5.78. The molecule has 4 nitrogen and oxygen atoms in total. The highest BCUT2D eigenvalue weighted by atomic mass is 16.5. The monoisotopic (exact) mass is 288 g/mol. The summed E-state index contributed by atoms with van der Waals surface area (Å²) in [6.45, 7) is 8.65. The third kappa shape index (κ3) is 3.44. The minimum Gasteiger partial charge on any atom is -0.373 e. The predicted octanol–water partition coefficient (Wildman–Crippen LogP) is 1.68. The molecule has 0 aliphatic carbocycles. The van der Waals surface area contributed by atoms with Gasteiger partial charge in [0.15, 0.2) is 0 Å². The van der Waals surface area contributed by atoms with E-state index in [0.29, 0.717) is 13.2 Å². The summed E-state index contributed by atoms with van der Waals surface area (Å²) in [7, 11) is 0. The van der Waals surface area contributed by atoms with E-state index in [1.165, 1.54) is 11.1 Å². The smallest absolute Gasteiger partial charge is 0.237 e. The zero-order valence-electron chi connectivity index (χ0n) is 13.0. The molecular formula is C17H24N2O2. The van der Waals surface area contributed by atoms with E-state index in [-0.39, 0.29) is 11.5 Å². The molecule has 1 aromatic rings. The van der Waals surface area contributed by atoms with E-state index in [4.69, 9.17) is 4.74 Å². The van der Waals surface area contributed by atoms with Crippen LogP contribution >= 0.6 is 0 Å². The Labute approximate surface area is 126 Å². The molecule has 4 heteroatoms. The molecule has 21 heavy (non-hydrogen) atoms. The van der Waals surface area contributed by atoms with E-state index >= 15 is 0 Å². The number of morpholine rings is 1. The molecule has 1 aromatic carbocycles. The fourth-order valence-electron chi connectivity index (χ4n) is 3.25. The first-order chi connectivity index (χ1) is 10.0. The van der Waals surface area contributed by atoms with Gasteiger partial charge in [-0.05, 0) is 31.4 Å². The van der Waals surface area contributed by atoms with Gasteiger partial charge >= 0.3 is 0 Å². The molecule has 0 unspecified atom stereocenters. The molecule has 0 N–H and O–H groups in total. The topological polar surface area (TPSA) is 32.8 Å². The van der Waals surface area contributed by atoms with E-state index in [1.54, 1.807) is 0 Å². The summed E-state index contributed by atoms with van der Waals surface area (Å²) in [5.41, 5.74) is 2.53. The summed E-state index contributed by atoms with van der Waals surface area (Å²) in [6, 6.07) is 8.43. The summed E-state index contributed by atoms with van der Waals surface area (Å²) >= 11 is 0. The number of nitrogens with zero attached hydrogens (tertiary/aromatic N) is 2. The molecule has 0 radical (unpaired) electrons. The maximum atomic E-state index is 12.5. The molecule has 3 rings (SSSR count). The quantitative estimate of drug-likeness (QED) is 0.830. The number of rotatable bonds is 2. The van der Waals surface area contributed by atoms with Crippen LogP contribution in [0.15, 0.2) is 24.3 Å². The average Bonchev–Trinajstić information content (AvgIpc) is 2.45. The van der Waals surface area contributed by atoms with Crippen molar-refractivity contribution in [1.29, 1.82) is 0 Å². The van der Waals surface area contributed by atoms with Crippen LogP contribution in [0.3, 0.4) is 0 Å². The first-order valence-electron chi connectivity index (χ1n) is 7.74. The van der Waals surface area contributed by atoms with Gasteiger partial charge in [-0.3, -0.25) is 9.69 Å². The maximum absolute atomic E-state index is 12.5. The van der Waals surface area contributed by atoms with Gasteiger partial charge in [0.25, 0.3) is 0 Å². The number of carbonyl (C=O) groups is 1. The van der Waals surface area contributed by atoms with Crippen LogP contribution < -0.4 is 0 Å². The second-order valence-electron chi connectivity index (χ2n) is 6.65. The van der Waals surface area contributed by atoms with Gasteiger partial charge in [-0.15, -0.1) is 0 Å². The normalized spacial score (nSPS) is 21.9. The van der Waals surface area contributed by atoms with Crippen LogP contribution in [0, 0.1) is 0 Å². The number of carbonyl (C=O) groups excluding carboxylic acids is 1. The average molecular weight is 288 g/mol. The summed E-state index contributed by atoms with van der Waals surface area (Å²) < 4.78 is 5.70. The lowest BCUT2D eigenvalue weighted by molar-refractivity contribution is -0.137. The van der Waals surface area contributed by atoms with Gasteiger partial charge in [0.05, 0.1) is 18.8 Å². The second-order valence-corrected chi connectivity index (χ2v) is 6.65. The number of hydrogen-bond acceptors (Lipinski definition) is 3. The molecule has 0 atom stereocenters. The van der Waals surface area contributed by atoms with Crippen LogP contribution in [0.1, 0.15) is 25.0 Å². The number of ether oxygens (including phenoxy) is 1. The Balaban J connectivity index is 1.59. The van der Waals surface area contributed by atoms with Gasteiger partial charge < -0.3 is 9.64 Å². The van der Waals surface area contributed by atoms with Crippen LogP contribution in [0.2, 0.25) is 0 Å². The van der Waals surface area contributed by atoms with E-state index in [0.717, 1.165) is 32.6 Å². The van der Waals surface area contributed by atoms with E-state index in [9.17, 15) is 4.79 Å². The number of benzene rings is 1. The van der Waals surface area contributed by atoms with Crippen molar-refractivity contribution in [1.82, 2.24) is 9.80 Å². The molecule has 0 aromatic heterocycles. The van der Waals surface area contributed by atoms with E-state index < -0.39 is 0 Å². The molecule has 114 valence electrons. The number of fused-ring (bicyclic) bond motifs is 1. The third-order valence-corrected chi connectivity index (χ3v) is 4.35. The Morgan fingerprint density at radius 2 is 2.00 bits per heavy atom. The van der Waals surface area contributed by atoms with Crippen molar-refractivity contribution in [3.05, 3.63) is 35.4 Å². The van der Waals surface area contributed by atoms with Crippen LogP contribution in [0.25, 0.3) is 0 Å². The van der Waals surface area contributed by atoms with Gasteiger partial charge in [0, 0.05) is 26.2 Å². The fourth-order valence-corrected chi connectivity index (χ4v) is 3.25. The lowest BCUT2D eigenvalue weighted by atomic mass is 10.00. The van der Waals surface area contributed by atoms with Crippen LogP contribution in [-0.2, 0) is 22.5 Å². The summed E-state index contributed by atoms with van der Waals surface area (Å²) in [5.74, 6) is 0.238. The fraction of sp³-hybridized carbons (Fsp3) is 0.588. The summed E-state index contributed by atoms with van der Waals surface area (Å²) in [4.78, 5) is 16.7. The third-order valence-electron chi connectivity index (χ3n) is 4.35. The minimum atomic E-state index is -0.146. The van der Waals surface area contributed by atoms with Crippen LogP contribution in [0.5, 0.6) is 0 Å². The Kier molecular flexibility index (Phi) is 4.00. The van der Waals surface area contributed by atoms with Gasteiger partial charge in [-0.25, -0.2) is 0 Å². The van der Waals surface area contributed by atoms with Crippen molar-refractivity contribution in [3.63, 3.8) is 0 Å². The van der Waals surface area contributed by atoms with Crippen molar-refractivity contribution in [2.24, 2.45) is 0 Å². The highest BCUT2D eigenvalue weighted by Crippen LogP contribution is 2.20. The Bertz CT molecular complexity index is 527. The van der Waals surface area contributed by atoms with Crippen molar-refractivity contribution < 1.29 is 9.53 Å².